The zero-order valence-electron chi connectivity index (χ0n) is 22.4. The first-order chi connectivity index (χ1) is 19.0. The van der Waals surface area contributed by atoms with Gasteiger partial charge in [0, 0.05) is 55.5 Å². The molecular formula is C29H34F2N4O5. The van der Waals surface area contributed by atoms with Gasteiger partial charge in [-0.2, -0.15) is 0 Å². The standard InChI is InChI=1S/C29H34F2N4O5/c1-28(30,31)20-4-2-3-18(15-20)26(37)33-17-25(36)35-14-10-22-23(35)9-13-34(22)21-7-11-29(40,12-8-21)24-6-5-19(16-32-24)27(38)39/h2-6,15-16,21-23,40H,7-14,17H2,1H3,(H,33,37)(H,38,39). The molecule has 1 saturated carbocycles. The van der Waals surface area contributed by atoms with Gasteiger partial charge in [0.2, 0.25) is 5.91 Å². The Morgan fingerprint density at radius 3 is 2.42 bits per heavy atom. The van der Waals surface area contributed by atoms with Crippen LogP contribution in [0.25, 0.3) is 0 Å². The van der Waals surface area contributed by atoms with E-state index in [1.165, 1.54) is 30.5 Å². The van der Waals surface area contributed by atoms with E-state index >= 15 is 0 Å². The molecule has 2 saturated heterocycles. The van der Waals surface area contributed by atoms with Crippen molar-refractivity contribution in [3.8, 4) is 0 Å². The summed E-state index contributed by atoms with van der Waals surface area (Å²) in [6.07, 6.45) is 5.51. The number of carboxylic acids is 1. The highest BCUT2D eigenvalue weighted by Crippen LogP contribution is 2.42. The Balaban J connectivity index is 1.14. The number of alkyl halides is 2. The highest BCUT2D eigenvalue weighted by Gasteiger charge is 2.48. The molecule has 3 N–H and O–H groups in total. The van der Waals surface area contributed by atoms with Crippen molar-refractivity contribution in [2.75, 3.05) is 19.6 Å². The summed E-state index contributed by atoms with van der Waals surface area (Å²) in [5.74, 6) is -4.87. The molecule has 9 nitrogen and oxygen atoms in total. The highest BCUT2D eigenvalue weighted by molar-refractivity contribution is 5.96. The molecule has 2 aromatic rings. The van der Waals surface area contributed by atoms with Gasteiger partial charge >= 0.3 is 5.97 Å². The zero-order valence-corrected chi connectivity index (χ0v) is 22.4. The maximum absolute atomic E-state index is 13.6. The van der Waals surface area contributed by atoms with Crippen LogP contribution in [0.5, 0.6) is 0 Å². The Kier molecular flexibility index (Phi) is 7.62. The highest BCUT2D eigenvalue weighted by atomic mass is 19.3. The number of aliphatic hydroxyl groups is 1. The molecule has 1 aliphatic carbocycles. The molecule has 0 bridgehead atoms. The molecule has 40 heavy (non-hydrogen) atoms. The SMILES string of the molecule is CC(F)(F)c1cccc(C(=O)NCC(=O)N2CCC3C2CCN3C2CCC(O)(c3ccc(C(=O)O)cn3)CC2)c1. The van der Waals surface area contributed by atoms with Crippen LogP contribution in [0.3, 0.4) is 0 Å². The molecule has 1 aromatic heterocycles. The molecule has 3 heterocycles. The molecule has 11 heteroatoms. The lowest BCUT2D eigenvalue weighted by molar-refractivity contribution is -0.130. The van der Waals surface area contributed by atoms with Crippen LogP contribution in [0.15, 0.2) is 42.6 Å². The Bertz CT molecular complexity index is 1270. The number of rotatable bonds is 7. The second-order valence-corrected chi connectivity index (χ2v) is 11.2. The van der Waals surface area contributed by atoms with Gasteiger partial charge in [-0.3, -0.25) is 19.5 Å². The van der Waals surface area contributed by atoms with Crippen LogP contribution in [0, 0.1) is 0 Å². The summed E-state index contributed by atoms with van der Waals surface area (Å²) in [5, 5.41) is 22.9. The third-order valence-corrected chi connectivity index (χ3v) is 8.71. The van der Waals surface area contributed by atoms with E-state index in [9.17, 15) is 28.3 Å². The van der Waals surface area contributed by atoms with Crippen molar-refractivity contribution in [2.45, 2.75) is 75.1 Å². The van der Waals surface area contributed by atoms with Crippen LogP contribution in [0.4, 0.5) is 8.78 Å². The van der Waals surface area contributed by atoms with E-state index < -0.39 is 23.4 Å². The molecule has 2 atom stereocenters. The number of nitrogens with zero attached hydrogens (tertiary/aromatic N) is 3. The Labute approximate surface area is 231 Å². The fourth-order valence-corrected chi connectivity index (χ4v) is 6.54. The molecule has 0 spiro atoms. The number of aromatic carboxylic acids is 1. The second kappa shape index (κ2) is 10.9. The summed E-state index contributed by atoms with van der Waals surface area (Å²) < 4.78 is 27.3. The van der Waals surface area contributed by atoms with Crippen LogP contribution in [0.2, 0.25) is 0 Å². The third kappa shape index (κ3) is 5.57. The van der Waals surface area contributed by atoms with Crippen molar-refractivity contribution in [3.05, 3.63) is 65.0 Å². The van der Waals surface area contributed by atoms with E-state index in [2.05, 4.69) is 15.2 Å². The minimum atomic E-state index is -3.06. The predicted molar refractivity (Wildman–Crippen MR) is 141 cm³/mol. The van der Waals surface area contributed by atoms with Gasteiger partial charge in [-0.05, 0) is 62.8 Å². The first kappa shape index (κ1) is 28.1. The van der Waals surface area contributed by atoms with E-state index in [0.717, 1.165) is 45.2 Å². The normalized spacial score (nSPS) is 26.9. The summed E-state index contributed by atoms with van der Waals surface area (Å²) in [6.45, 7) is 2.01. The molecule has 2 amide bonds. The zero-order chi connectivity index (χ0) is 28.7. The molecule has 0 radical (unpaired) electrons. The lowest BCUT2D eigenvalue weighted by atomic mass is 9.79. The van der Waals surface area contributed by atoms with Gasteiger partial charge in [-0.15, -0.1) is 0 Å². The maximum Gasteiger partial charge on any atom is 0.337 e. The van der Waals surface area contributed by atoms with Gasteiger partial charge < -0.3 is 20.4 Å². The van der Waals surface area contributed by atoms with E-state index in [1.807, 2.05) is 4.90 Å². The van der Waals surface area contributed by atoms with Crippen LogP contribution in [-0.2, 0) is 16.3 Å². The minimum Gasteiger partial charge on any atom is -0.478 e. The van der Waals surface area contributed by atoms with Gasteiger partial charge in [0.1, 0.15) is 5.60 Å². The number of carbonyl (C=O) groups excluding carboxylic acids is 2. The largest absolute Gasteiger partial charge is 0.478 e. The average molecular weight is 557 g/mol. The van der Waals surface area contributed by atoms with Crippen molar-refractivity contribution in [1.29, 1.82) is 0 Å². The smallest absolute Gasteiger partial charge is 0.337 e. The number of amides is 2. The summed E-state index contributed by atoms with van der Waals surface area (Å²) in [4.78, 5) is 45.2. The first-order valence-electron chi connectivity index (χ1n) is 13.7. The molecule has 214 valence electrons. The number of pyridine rings is 1. The fourth-order valence-electron chi connectivity index (χ4n) is 6.54. The lowest BCUT2D eigenvalue weighted by Crippen LogP contribution is -2.47. The number of likely N-dealkylation sites (tertiary alicyclic amines) is 2. The molecule has 3 aliphatic rings. The fraction of sp³-hybridized carbons (Fsp3) is 0.517. The minimum absolute atomic E-state index is 0.0533. The lowest BCUT2D eigenvalue weighted by Gasteiger charge is -2.41. The summed E-state index contributed by atoms with van der Waals surface area (Å²) in [5.41, 5.74) is -0.684. The molecular weight excluding hydrogens is 522 g/mol. The number of carbonyl (C=O) groups is 3. The van der Waals surface area contributed by atoms with Gasteiger partial charge in [0.05, 0.1) is 17.8 Å². The van der Waals surface area contributed by atoms with Crippen molar-refractivity contribution in [2.24, 2.45) is 0 Å². The number of hydrogen-bond acceptors (Lipinski definition) is 6. The van der Waals surface area contributed by atoms with Crippen LogP contribution < -0.4 is 5.32 Å². The van der Waals surface area contributed by atoms with Gasteiger partial charge in [0.15, 0.2) is 0 Å². The van der Waals surface area contributed by atoms with Gasteiger partial charge in [0.25, 0.3) is 11.8 Å². The predicted octanol–water partition coefficient (Wildman–Crippen LogP) is 3.13. The Hall–Kier alpha value is -3.44. The number of aromatic nitrogens is 1. The number of halogens is 2. The van der Waals surface area contributed by atoms with E-state index in [-0.39, 0.29) is 47.3 Å². The van der Waals surface area contributed by atoms with Crippen LogP contribution in [0.1, 0.15) is 77.4 Å². The van der Waals surface area contributed by atoms with Crippen LogP contribution in [-0.4, -0.2) is 80.5 Å². The topological polar surface area (TPSA) is 123 Å². The average Bonchev–Trinajstić information content (AvgIpc) is 3.54. The van der Waals surface area contributed by atoms with E-state index in [1.54, 1.807) is 6.07 Å². The Morgan fingerprint density at radius 1 is 1.05 bits per heavy atom. The van der Waals surface area contributed by atoms with Crippen molar-refractivity contribution in [3.63, 3.8) is 0 Å². The summed E-state index contributed by atoms with van der Waals surface area (Å²) in [7, 11) is 0. The molecule has 3 fully saturated rings. The quantitative estimate of drug-likeness (QED) is 0.479. The maximum atomic E-state index is 13.6. The van der Waals surface area contributed by atoms with Gasteiger partial charge in [-0.25, -0.2) is 13.6 Å². The van der Waals surface area contributed by atoms with Gasteiger partial charge in [-0.1, -0.05) is 12.1 Å². The monoisotopic (exact) mass is 556 g/mol. The third-order valence-electron chi connectivity index (χ3n) is 8.71. The molecule has 2 unspecified atom stereocenters. The number of nitrogens with one attached hydrogen (secondary N) is 1. The molecule has 1 aromatic carbocycles. The first-order valence-corrected chi connectivity index (χ1v) is 13.7. The second-order valence-electron chi connectivity index (χ2n) is 11.2. The number of carboxylic acid groups (broad SMARTS) is 1. The number of benzene rings is 1. The van der Waals surface area contributed by atoms with Crippen LogP contribution >= 0.6 is 0 Å². The van der Waals surface area contributed by atoms with E-state index in [4.69, 9.17) is 5.11 Å². The molecule has 5 rings (SSSR count). The number of fused-ring (bicyclic) bond motifs is 1. The van der Waals surface area contributed by atoms with Crippen molar-refractivity contribution >= 4 is 17.8 Å². The van der Waals surface area contributed by atoms with Crippen molar-refractivity contribution < 1.29 is 33.4 Å². The summed E-state index contributed by atoms with van der Waals surface area (Å²) in [6, 6.07) is 8.85. The molecule has 2 aliphatic heterocycles. The summed E-state index contributed by atoms with van der Waals surface area (Å²) >= 11 is 0. The van der Waals surface area contributed by atoms with Crippen molar-refractivity contribution in [1.82, 2.24) is 20.1 Å². The number of hydrogen-bond donors (Lipinski definition) is 3. The Morgan fingerprint density at radius 2 is 1.77 bits per heavy atom. The van der Waals surface area contributed by atoms with E-state index in [0.29, 0.717) is 25.1 Å².